The Hall–Kier alpha value is -3.35. The highest BCUT2D eigenvalue weighted by molar-refractivity contribution is 6.02. The summed E-state index contributed by atoms with van der Waals surface area (Å²) in [6.07, 6.45) is 4.37. The maximum Gasteiger partial charge on any atom is 0.326 e. The molecule has 0 aliphatic carbocycles. The minimum Gasteiger partial charge on any atom is -0.495 e. The Balaban J connectivity index is 1.62. The van der Waals surface area contributed by atoms with Gasteiger partial charge in [-0.3, -0.25) is 4.90 Å². The molecule has 3 aromatic rings. The lowest BCUT2D eigenvalue weighted by Gasteiger charge is -2.23. The van der Waals surface area contributed by atoms with E-state index in [0.29, 0.717) is 18.0 Å². The lowest BCUT2D eigenvalue weighted by molar-refractivity contribution is 0.256. The molecule has 2 amide bonds. The third kappa shape index (κ3) is 4.23. The topological polar surface area (TPSA) is 72.3 Å². The fraction of sp³-hybridized carbons (Fsp3) is 0.318. The Bertz CT molecular complexity index is 970. The predicted molar refractivity (Wildman–Crippen MR) is 112 cm³/mol. The van der Waals surface area contributed by atoms with Crippen molar-refractivity contribution in [1.29, 1.82) is 0 Å². The van der Waals surface area contributed by atoms with E-state index in [1.165, 1.54) is 6.42 Å². The monoisotopic (exact) mass is 391 g/mol. The van der Waals surface area contributed by atoms with Crippen molar-refractivity contribution >= 4 is 17.4 Å². The number of para-hydroxylation sites is 3. The van der Waals surface area contributed by atoms with Crippen LogP contribution in [0.25, 0.3) is 0 Å². The first kappa shape index (κ1) is 19.0. The van der Waals surface area contributed by atoms with E-state index in [1.807, 2.05) is 54.6 Å². The Kier molecular flexibility index (Phi) is 5.74. The van der Waals surface area contributed by atoms with Gasteiger partial charge in [0.05, 0.1) is 19.3 Å². The largest absolute Gasteiger partial charge is 0.495 e. The molecule has 0 saturated carbocycles. The van der Waals surface area contributed by atoms with Gasteiger partial charge in [0.15, 0.2) is 5.82 Å². The molecule has 0 bridgehead atoms. The van der Waals surface area contributed by atoms with Crippen molar-refractivity contribution in [2.24, 2.45) is 0 Å². The van der Waals surface area contributed by atoms with E-state index in [9.17, 15) is 4.79 Å². The van der Waals surface area contributed by atoms with E-state index in [0.717, 1.165) is 43.1 Å². The zero-order valence-corrected chi connectivity index (χ0v) is 16.5. The molecular formula is C22H25N5O2. The molecule has 7 heteroatoms. The molecule has 2 heterocycles. The first-order chi connectivity index (χ1) is 14.3. The van der Waals surface area contributed by atoms with Crippen molar-refractivity contribution in [3.63, 3.8) is 0 Å². The second-order valence-corrected chi connectivity index (χ2v) is 7.05. The van der Waals surface area contributed by atoms with Gasteiger partial charge in [-0.1, -0.05) is 36.8 Å². The Labute approximate surface area is 170 Å². The van der Waals surface area contributed by atoms with Crippen LogP contribution in [0.4, 0.5) is 16.2 Å². The zero-order valence-electron chi connectivity index (χ0n) is 16.5. The normalized spacial score (nSPS) is 13.3. The van der Waals surface area contributed by atoms with Crippen LogP contribution in [-0.2, 0) is 19.5 Å². The minimum atomic E-state index is -0.244. The summed E-state index contributed by atoms with van der Waals surface area (Å²) in [5.74, 6) is 2.43. The number of rotatable bonds is 5. The first-order valence-corrected chi connectivity index (χ1v) is 9.94. The van der Waals surface area contributed by atoms with Gasteiger partial charge in [0, 0.05) is 18.7 Å². The number of amides is 2. The average molecular weight is 391 g/mol. The molecule has 0 fully saturated rings. The second-order valence-electron chi connectivity index (χ2n) is 7.05. The number of aryl methyl sites for hydroxylation is 1. The number of carbonyl (C=O) groups is 1. The van der Waals surface area contributed by atoms with E-state index in [-0.39, 0.29) is 6.03 Å². The predicted octanol–water partition coefficient (Wildman–Crippen LogP) is 4.25. The molecule has 1 aliphatic rings. The lowest BCUT2D eigenvalue weighted by Crippen LogP contribution is -2.35. The van der Waals surface area contributed by atoms with Gasteiger partial charge in [-0.2, -0.15) is 0 Å². The molecule has 0 radical (unpaired) electrons. The summed E-state index contributed by atoms with van der Waals surface area (Å²) in [5, 5.41) is 11.7. The van der Waals surface area contributed by atoms with Crippen LogP contribution >= 0.6 is 0 Å². The number of anilines is 2. The number of nitrogens with one attached hydrogen (secondary N) is 1. The van der Waals surface area contributed by atoms with Crippen LogP contribution in [0, 0.1) is 0 Å². The molecule has 1 N–H and O–H groups in total. The molecule has 29 heavy (non-hydrogen) atoms. The standard InChI is InChI=1S/C22H25N5O2/c1-29-19-13-8-7-12-18(19)23-22(28)27(17-10-4-2-5-11-17)16-21-25-24-20-14-6-3-9-15-26(20)21/h2,4-5,7-8,10-13H,3,6,9,14-16H2,1H3,(H,23,28). The van der Waals surface area contributed by atoms with Gasteiger partial charge in [-0.05, 0) is 37.1 Å². The number of carbonyl (C=O) groups excluding carboxylic acids is 1. The summed E-state index contributed by atoms with van der Waals surface area (Å²) in [6.45, 7) is 1.24. The number of benzene rings is 2. The molecule has 2 aromatic carbocycles. The molecule has 0 atom stereocenters. The Morgan fingerprint density at radius 3 is 2.69 bits per heavy atom. The molecule has 0 unspecified atom stereocenters. The summed E-state index contributed by atoms with van der Waals surface area (Å²) >= 11 is 0. The molecule has 4 rings (SSSR count). The van der Waals surface area contributed by atoms with Gasteiger partial charge in [0.1, 0.15) is 11.6 Å². The average Bonchev–Trinajstić information content (AvgIpc) is 2.98. The van der Waals surface area contributed by atoms with Crippen LogP contribution in [-0.4, -0.2) is 27.9 Å². The summed E-state index contributed by atoms with van der Waals surface area (Å²) in [6, 6.07) is 16.7. The molecule has 0 spiro atoms. The van der Waals surface area contributed by atoms with Crippen LogP contribution in [0.15, 0.2) is 54.6 Å². The molecule has 1 aliphatic heterocycles. The first-order valence-electron chi connectivity index (χ1n) is 9.94. The van der Waals surface area contributed by atoms with Crippen LogP contribution in [0.2, 0.25) is 0 Å². The van der Waals surface area contributed by atoms with Crippen LogP contribution in [0.3, 0.4) is 0 Å². The van der Waals surface area contributed by atoms with Gasteiger partial charge in [0.25, 0.3) is 0 Å². The zero-order chi connectivity index (χ0) is 20.1. The third-order valence-corrected chi connectivity index (χ3v) is 5.15. The quantitative estimate of drug-likeness (QED) is 0.706. The Morgan fingerprint density at radius 2 is 1.86 bits per heavy atom. The number of methoxy groups -OCH3 is 1. The smallest absolute Gasteiger partial charge is 0.326 e. The summed E-state index contributed by atoms with van der Waals surface area (Å²) in [4.78, 5) is 14.9. The highest BCUT2D eigenvalue weighted by Gasteiger charge is 2.22. The number of hydrogen-bond acceptors (Lipinski definition) is 4. The van der Waals surface area contributed by atoms with Crippen molar-refractivity contribution in [1.82, 2.24) is 14.8 Å². The summed E-state index contributed by atoms with van der Waals surface area (Å²) in [7, 11) is 1.59. The molecule has 7 nitrogen and oxygen atoms in total. The highest BCUT2D eigenvalue weighted by atomic mass is 16.5. The molecule has 0 saturated heterocycles. The van der Waals surface area contributed by atoms with Gasteiger partial charge < -0.3 is 14.6 Å². The molecule has 1 aromatic heterocycles. The fourth-order valence-electron chi connectivity index (χ4n) is 3.62. The van der Waals surface area contributed by atoms with Crippen molar-refractivity contribution in [2.45, 2.75) is 38.8 Å². The van der Waals surface area contributed by atoms with Crippen LogP contribution in [0.5, 0.6) is 5.75 Å². The van der Waals surface area contributed by atoms with E-state index < -0.39 is 0 Å². The van der Waals surface area contributed by atoms with Crippen molar-refractivity contribution in [2.75, 3.05) is 17.3 Å². The molecule has 150 valence electrons. The number of fused-ring (bicyclic) bond motifs is 1. The highest BCUT2D eigenvalue weighted by Crippen LogP contribution is 2.25. The lowest BCUT2D eigenvalue weighted by atomic mass is 10.2. The maximum atomic E-state index is 13.2. The minimum absolute atomic E-state index is 0.244. The van der Waals surface area contributed by atoms with Crippen molar-refractivity contribution in [3.05, 3.63) is 66.2 Å². The summed E-state index contributed by atoms with van der Waals surface area (Å²) < 4.78 is 7.53. The van der Waals surface area contributed by atoms with Gasteiger partial charge in [-0.25, -0.2) is 4.79 Å². The summed E-state index contributed by atoms with van der Waals surface area (Å²) in [5.41, 5.74) is 1.42. The maximum absolute atomic E-state index is 13.2. The SMILES string of the molecule is COc1ccccc1NC(=O)N(Cc1nnc2n1CCCCC2)c1ccccc1. The number of urea groups is 1. The van der Waals surface area contributed by atoms with Gasteiger partial charge in [0.2, 0.25) is 0 Å². The fourth-order valence-corrected chi connectivity index (χ4v) is 3.62. The number of nitrogens with zero attached hydrogens (tertiary/aromatic N) is 4. The number of aromatic nitrogens is 3. The molecular weight excluding hydrogens is 366 g/mol. The van der Waals surface area contributed by atoms with Crippen molar-refractivity contribution in [3.8, 4) is 5.75 Å². The van der Waals surface area contributed by atoms with E-state index in [1.54, 1.807) is 12.0 Å². The van der Waals surface area contributed by atoms with E-state index in [2.05, 4.69) is 20.1 Å². The number of ether oxygens (including phenoxy) is 1. The third-order valence-electron chi connectivity index (χ3n) is 5.15. The van der Waals surface area contributed by atoms with Crippen LogP contribution in [0.1, 0.15) is 30.9 Å². The Morgan fingerprint density at radius 1 is 1.07 bits per heavy atom. The van der Waals surface area contributed by atoms with Crippen LogP contribution < -0.4 is 15.0 Å². The van der Waals surface area contributed by atoms with E-state index in [4.69, 9.17) is 4.74 Å². The van der Waals surface area contributed by atoms with Gasteiger partial charge in [-0.15, -0.1) is 10.2 Å². The van der Waals surface area contributed by atoms with Gasteiger partial charge >= 0.3 is 6.03 Å². The van der Waals surface area contributed by atoms with Crippen molar-refractivity contribution < 1.29 is 9.53 Å². The number of hydrogen-bond donors (Lipinski definition) is 1. The second kappa shape index (κ2) is 8.77. The van der Waals surface area contributed by atoms with E-state index >= 15 is 0 Å².